The van der Waals surface area contributed by atoms with Crippen molar-refractivity contribution in [2.75, 3.05) is 0 Å². The molecule has 0 aliphatic heterocycles. The number of unbranched alkanes of at least 4 members (excludes halogenated alkanes) is 1. The van der Waals surface area contributed by atoms with Gasteiger partial charge >= 0.3 is 11.6 Å². The third-order valence-corrected chi connectivity index (χ3v) is 8.10. The molecule has 0 saturated carbocycles. The minimum absolute atomic E-state index is 0.112. The Morgan fingerprint density at radius 1 is 0.952 bits per heavy atom. The van der Waals surface area contributed by atoms with E-state index in [1.807, 2.05) is 19.1 Å². The molecular formula is C33H36N2O7. The second-order valence-electron chi connectivity index (χ2n) is 11.1. The Balaban J connectivity index is 1.35. The Bertz CT molecular complexity index is 1690. The van der Waals surface area contributed by atoms with Gasteiger partial charge < -0.3 is 24.6 Å². The summed E-state index contributed by atoms with van der Waals surface area (Å²) >= 11 is 0. The van der Waals surface area contributed by atoms with Crippen molar-refractivity contribution in [3.05, 3.63) is 80.9 Å². The minimum Gasteiger partial charge on any atom is -0.480 e. The van der Waals surface area contributed by atoms with E-state index in [1.54, 1.807) is 37.3 Å². The average molecular weight is 573 g/mol. The van der Waals surface area contributed by atoms with Gasteiger partial charge in [-0.15, -0.1) is 0 Å². The second-order valence-corrected chi connectivity index (χ2v) is 11.1. The molecule has 2 aromatic heterocycles. The second kappa shape index (κ2) is 12.6. The molecule has 9 nitrogen and oxygen atoms in total. The van der Waals surface area contributed by atoms with Gasteiger partial charge in [0.15, 0.2) is 0 Å². The van der Waals surface area contributed by atoms with Crippen LogP contribution < -0.4 is 16.3 Å². The molecule has 1 unspecified atom stereocenters. The standard InChI is InChI=1S/C33H36N2O7/c1-3-4-13-25(31(37)35-26(32(38)39)15-20-10-6-5-7-11-20)34-30(36)17-23-19(2)22-16-24-21-12-8-9-14-27(21)41-29(24)18-28(22)42-33(23)40/h5-7,10-11,16,18,25-26H,3-4,8-9,12-15,17H2,1-2H3,(H,34,36)(H,35,37)(H,38,39)/t25?,26-/m1/s1. The van der Waals surface area contributed by atoms with Crippen molar-refractivity contribution in [1.82, 2.24) is 10.6 Å². The van der Waals surface area contributed by atoms with Crippen molar-refractivity contribution in [2.24, 2.45) is 0 Å². The summed E-state index contributed by atoms with van der Waals surface area (Å²) in [5.74, 6) is -1.27. The maximum Gasteiger partial charge on any atom is 0.340 e. The van der Waals surface area contributed by atoms with Crippen molar-refractivity contribution in [2.45, 2.75) is 83.7 Å². The number of amides is 2. The molecule has 1 aliphatic rings. The van der Waals surface area contributed by atoms with E-state index < -0.39 is 35.5 Å². The van der Waals surface area contributed by atoms with Gasteiger partial charge in [-0.25, -0.2) is 9.59 Å². The van der Waals surface area contributed by atoms with Gasteiger partial charge in [-0.2, -0.15) is 0 Å². The average Bonchev–Trinajstić information content (AvgIpc) is 3.34. The van der Waals surface area contributed by atoms with Gasteiger partial charge in [0.2, 0.25) is 11.8 Å². The van der Waals surface area contributed by atoms with Crippen LogP contribution in [-0.2, 0) is 40.1 Å². The van der Waals surface area contributed by atoms with E-state index in [0.717, 1.165) is 54.2 Å². The predicted octanol–water partition coefficient (Wildman–Crippen LogP) is 4.76. The molecular weight excluding hydrogens is 536 g/mol. The normalized spacial score (nSPS) is 14.3. The predicted molar refractivity (Wildman–Crippen MR) is 159 cm³/mol. The molecule has 3 N–H and O–H groups in total. The third kappa shape index (κ3) is 6.25. The van der Waals surface area contributed by atoms with Crippen LogP contribution in [0.3, 0.4) is 0 Å². The Morgan fingerprint density at radius 2 is 1.69 bits per heavy atom. The Hall–Kier alpha value is -4.40. The fourth-order valence-corrected chi connectivity index (χ4v) is 5.75. The zero-order valence-corrected chi connectivity index (χ0v) is 24.0. The highest BCUT2D eigenvalue weighted by Crippen LogP contribution is 2.35. The highest BCUT2D eigenvalue weighted by atomic mass is 16.4. The molecule has 2 atom stereocenters. The summed E-state index contributed by atoms with van der Waals surface area (Å²) in [6.07, 6.45) is 5.62. The molecule has 0 bridgehead atoms. The lowest BCUT2D eigenvalue weighted by Gasteiger charge is -2.22. The molecule has 2 aromatic carbocycles. The van der Waals surface area contributed by atoms with Gasteiger partial charge in [0.25, 0.3) is 0 Å². The summed E-state index contributed by atoms with van der Waals surface area (Å²) < 4.78 is 11.7. The summed E-state index contributed by atoms with van der Waals surface area (Å²) in [5.41, 5.74) is 3.31. The van der Waals surface area contributed by atoms with Crippen molar-refractivity contribution >= 4 is 39.7 Å². The Morgan fingerprint density at radius 3 is 2.43 bits per heavy atom. The van der Waals surface area contributed by atoms with Crippen LogP contribution in [0.4, 0.5) is 0 Å². The van der Waals surface area contributed by atoms with Gasteiger partial charge in [0.05, 0.1) is 12.0 Å². The number of hydrogen-bond acceptors (Lipinski definition) is 6. The van der Waals surface area contributed by atoms with E-state index in [4.69, 9.17) is 8.83 Å². The molecule has 0 saturated heterocycles. The first kappa shape index (κ1) is 29.1. The van der Waals surface area contributed by atoms with E-state index in [0.29, 0.717) is 29.6 Å². The van der Waals surface area contributed by atoms with Crippen molar-refractivity contribution in [1.29, 1.82) is 0 Å². The lowest BCUT2D eigenvalue weighted by molar-refractivity contribution is -0.142. The highest BCUT2D eigenvalue weighted by molar-refractivity contribution is 5.97. The van der Waals surface area contributed by atoms with Crippen molar-refractivity contribution in [3.63, 3.8) is 0 Å². The number of rotatable bonds is 11. The Labute approximate surface area is 243 Å². The molecule has 220 valence electrons. The van der Waals surface area contributed by atoms with Crippen LogP contribution in [0.15, 0.2) is 56.1 Å². The first-order valence-electron chi connectivity index (χ1n) is 14.6. The molecule has 2 heterocycles. The highest BCUT2D eigenvalue weighted by Gasteiger charge is 2.27. The first-order valence-corrected chi connectivity index (χ1v) is 14.6. The largest absolute Gasteiger partial charge is 0.480 e. The van der Waals surface area contributed by atoms with Gasteiger partial charge in [-0.3, -0.25) is 9.59 Å². The van der Waals surface area contributed by atoms with Crippen LogP contribution in [0.1, 0.15) is 67.0 Å². The summed E-state index contributed by atoms with van der Waals surface area (Å²) in [5, 5.41) is 16.8. The zero-order chi connectivity index (χ0) is 29.8. The molecule has 2 amide bonds. The van der Waals surface area contributed by atoms with Crippen molar-refractivity contribution in [3.8, 4) is 0 Å². The fraction of sp³-hybridized carbons (Fsp3) is 0.394. The molecule has 1 aliphatic carbocycles. The molecule has 42 heavy (non-hydrogen) atoms. The molecule has 0 fully saturated rings. The lowest BCUT2D eigenvalue weighted by Crippen LogP contribution is -2.52. The van der Waals surface area contributed by atoms with E-state index in [9.17, 15) is 24.3 Å². The zero-order valence-electron chi connectivity index (χ0n) is 24.0. The maximum absolute atomic E-state index is 13.2. The fourth-order valence-electron chi connectivity index (χ4n) is 5.75. The van der Waals surface area contributed by atoms with E-state index >= 15 is 0 Å². The summed E-state index contributed by atoms with van der Waals surface area (Å²) in [4.78, 5) is 51.3. The number of benzene rings is 2. The van der Waals surface area contributed by atoms with Crippen LogP contribution in [0.5, 0.6) is 0 Å². The minimum atomic E-state index is -1.16. The van der Waals surface area contributed by atoms with Crippen LogP contribution in [0.2, 0.25) is 0 Å². The summed E-state index contributed by atoms with van der Waals surface area (Å²) in [7, 11) is 0. The number of aryl methyl sites for hydroxylation is 3. The number of hydrogen-bond donors (Lipinski definition) is 3. The molecule has 0 spiro atoms. The number of carboxylic acid groups (broad SMARTS) is 1. The number of furan rings is 1. The number of aliphatic carboxylic acids is 1. The number of carbonyl (C=O) groups excluding carboxylic acids is 2. The third-order valence-electron chi connectivity index (χ3n) is 8.10. The molecule has 0 radical (unpaired) electrons. The van der Waals surface area contributed by atoms with E-state index in [2.05, 4.69) is 10.6 Å². The number of carboxylic acids is 1. The topological polar surface area (TPSA) is 139 Å². The van der Waals surface area contributed by atoms with Gasteiger partial charge in [0, 0.05) is 35.2 Å². The van der Waals surface area contributed by atoms with Gasteiger partial charge in [-0.05, 0) is 49.8 Å². The maximum atomic E-state index is 13.2. The van der Waals surface area contributed by atoms with Crippen LogP contribution in [-0.4, -0.2) is 35.0 Å². The lowest BCUT2D eigenvalue weighted by atomic mass is 9.94. The first-order chi connectivity index (χ1) is 20.2. The summed E-state index contributed by atoms with van der Waals surface area (Å²) in [6, 6.07) is 10.7. The molecule has 4 aromatic rings. The van der Waals surface area contributed by atoms with Crippen LogP contribution >= 0.6 is 0 Å². The SMILES string of the molecule is CCCCC(NC(=O)Cc1c(C)c2cc3c4c(oc3cc2oc1=O)CCCC4)C(=O)N[C@H](Cc1ccccc1)C(=O)O. The van der Waals surface area contributed by atoms with E-state index in [1.165, 1.54) is 5.56 Å². The number of fused-ring (bicyclic) bond motifs is 4. The monoisotopic (exact) mass is 572 g/mol. The van der Waals surface area contributed by atoms with Gasteiger partial charge in [0.1, 0.15) is 29.0 Å². The molecule has 5 rings (SSSR count). The van der Waals surface area contributed by atoms with Gasteiger partial charge in [-0.1, -0.05) is 50.1 Å². The van der Waals surface area contributed by atoms with Crippen LogP contribution in [0, 0.1) is 6.92 Å². The Kier molecular flexibility index (Phi) is 8.75. The molecule has 9 heteroatoms. The quantitative estimate of drug-likeness (QED) is 0.220. The smallest absolute Gasteiger partial charge is 0.340 e. The number of nitrogens with one attached hydrogen (secondary N) is 2. The summed E-state index contributed by atoms with van der Waals surface area (Å²) in [6.45, 7) is 3.76. The van der Waals surface area contributed by atoms with E-state index in [-0.39, 0.29) is 18.4 Å². The number of carbonyl (C=O) groups is 3. The van der Waals surface area contributed by atoms with Crippen LogP contribution in [0.25, 0.3) is 21.9 Å². The van der Waals surface area contributed by atoms with Crippen molar-refractivity contribution < 1.29 is 28.3 Å².